The van der Waals surface area contributed by atoms with Crippen molar-refractivity contribution < 1.29 is 9.53 Å². The second-order valence-corrected chi connectivity index (χ2v) is 8.81. The molecule has 148 valence electrons. The molecule has 0 spiro atoms. The summed E-state index contributed by atoms with van der Waals surface area (Å²) in [4.78, 5) is 32.3. The summed E-state index contributed by atoms with van der Waals surface area (Å²) >= 11 is 4.99. The average Bonchev–Trinajstić information content (AvgIpc) is 3.03. The van der Waals surface area contributed by atoms with Crippen LogP contribution in [0.15, 0.2) is 39.9 Å². The summed E-state index contributed by atoms with van der Waals surface area (Å²) in [6.45, 7) is 7.53. The molecule has 3 rings (SSSR count). The first kappa shape index (κ1) is 20.7. The molecule has 28 heavy (non-hydrogen) atoms. The van der Waals surface area contributed by atoms with Gasteiger partial charge in [0.1, 0.15) is 10.9 Å². The molecule has 0 fully saturated rings. The zero-order chi connectivity index (χ0) is 20.4. The second-order valence-electron chi connectivity index (χ2n) is 6.81. The highest BCUT2D eigenvalue weighted by molar-refractivity contribution is 9.10. The molecule has 0 saturated heterocycles. The molecule has 0 saturated carbocycles. The fraction of sp³-hybridized carbons (Fsp3) is 0.381. The van der Waals surface area contributed by atoms with E-state index in [2.05, 4.69) is 27.8 Å². The number of benzene rings is 1. The number of aryl methyl sites for hydroxylation is 1. The van der Waals surface area contributed by atoms with Crippen LogP contribution >= 0.6 is 27.3 Å². The number of ether oxygens (including phenoxy) is 1. The Labute approximate surface area is 176 Å². The van der Waals surface area contributed by atoms with Gasteiger partial charge in [-0.2, -0.15) is 0 Å². The molecule has 0 aliphatic rings. The molecule has 1 atom stereocenters. The molecule has 1 unspecified atom stereocenters. The molecule has 0 amide bonds. The van der Waals surface area contributed by atoms with E-state index in [1.807, 2.05) is 31.2 Å². The first-order valence-electron chi connectivity index (χ1n) is 9.36. The van der Waals surface area contributed by atoms with Gasteiger partial charge in [-0.15, -0.1) is 11.3 Å². The van der Waals surface area contributed by atoms with Gasteiger partial charge in [0, 0.05) is 14.9 Å². The summed E-state index contributed by atoms with van der Waals surface area (Å²) < 4.78 is 7.75. The van der Waals surface area contributed by atoms with Gasteiger partial charge in [-0.25, -0.2) is 9.78 Å². The Morgan fingerprint density at radius 1 is 1.25 bits per heavy atom. The lowest BCUT2D eigenvalue weighted by Crippen LogP contribution is -2.32. The minimum Gasteiger partial charge on any atom is -0.461 e. The number of halogens is 1. The summed E-state index contributed by atoms with van der Waals surface area (Å²) in [5, 5.41) is 0.572. The molecular weight excluding hydrogens is 440 g/mol. The summed E-state index contributed by atoms with van der Waals surface area (Å²) in [6, 6.07) is 7.22. The number of carbonyl (C=O) groups excluding carboxylic acids is 1. The second kappa shape index (κ2) is 8.57. The van der Waals surface area contributed by atoms with Crippen molar-refractivity contribution in [2.75, 3.05) is 0 Å². The molecule has 5 nitrogen and oxygen atoms in total. The number of aromatic nitrogens is 2. The Morgan fingerprint density at radius 3 is 2.50 bits per heavy atom. The Bertz CT molecular complexity index is 1050. The molecule has 3 aromatic rings. The van der Waals surface area contributed by atoms with E-state index < -0.39 is 12.0 Å². The highest BCUT2D eigenvalue weighted by atomic mass is 79.9. The summed E-state index contributed by atoms with van der Waals surface area (Å²) in [5.41, 5.74) is 1.68. The molecule has 0 radical (unpaired) electrons. The number of fused-ring (bicyclic) bond motifs is 1. The van der Waals surface area contributed by atoms with Gasteiger partial charge in [-0.05, 0) is 44.4 Å². The van der Waals surface area contributed by atoms with E-state index in [-0.39, 0.29) is 11.7 Å². The first-order chi connectivity index (χ1) is 13.4. The number of carbonyl (C=O) groups is 1. The van der Waals surface area contributed by atoms with Crippen LogP contribution in [0.4, 0.5) is 0 Å². The number of thiophene rings is 1. The number of hydrogen-bond donors (Lipinski definition) is 0. The molecule has 2 heterocycles. The van der Waals surface area contributed by atoms with Crippen molar-refractivity contribution in [2.24, 2.45) is 0 Å². The molecule has 0 aliphatic carbocycles. The number of hydrogen-bond acceptors (Lipinski definition) is 5. The molecule has 2 aromatic heterocycles. The third-order valence-electron chi connectivity index (χ3n) is 4.51. The number of rotatable bonds is 6. The average molecular weight is 463 g/mol. The summed E-state index contributed by atoms with van der Waals surface area (Å²) in [7, 11) is 0. The normalized spacial score (nSPS) is 12.5. The quantitative estimate of drug-likeness (QED) is 0.463. The minimum absolute atomic E-state index is 0.202. The van der Waals surface area contributed by atoms with Crippen molar-refractivity contribution in [2.45, 2.75) is 52.7 Å². The van der Waals surface area contributed by atoms with Crippen molar-refractivity contribution in [3.63, 3.8) is 0 Å². The Hall–Kier alpha value is -1.99. The van der Waals surface area contributed by atoms with Crippen LogP contribution < -0.4 is 5.56 Å². The lowest BCUT2D eigenvalue weighted by molar-refractivity contribution is -0.151. The maximum atomic E-state index is 13.4. The molecule has 0 bridgehead atoms. The highest BCUT2D eigenvalue weighted by Gasteiger charge is 2.25. The lowest BCUT2D eigenvalue weighted by atomic mass is 10.0. The van der Waals surface area contributed by atoms with Gasteiger partial charge < -0.3 is 4.74 Å². The Balaban J connectivity index is 2.22. The third kappa shape index (κ3) is 3.91. The zero-order valence-corrected chi connectivity index (χ0v) is 18.8. The Kier molecular flexibility index (Phi) is 6.35. The van der Waals surface area contributed by atoms with Crippen LogP contribution in [-0.2, 0) is 16.0 Å². The van der Waals surface area contributed by atoms with E-state index in [0.717, 1.165) is 26.9 Å². The summed E-state index contributed by atoms with van der Waals surface area (Å²) in [6.07, 6.45) is 2.50. The monoisotopic (exact) mass is 462 g/mol. The van der Waals surface area contributed by atoms with Crippen molar-refractivity contribution in [3.05, 3.63) is 50.3 Å². The van der Waals surface area contributed by atoms with Gasteiger partial charge in [0.25, 0.3) is 5.56 Å². The largest absolute Gasteiger partial charge is 0.461 e. The van der Waals surface area contributed by atoms with Crippen LogP contribution in [0, 0.1) is 0 Å². The highest BCUT2D eigenvalue weighted by Crippen LogP contribution is 2.37. The predicted octanol–water partition coefficient (Wildman–Crippen LogP) is 5.35. The SMILES string of the molecule is CCc1sc2ncn(C(CC)C(=O)OC(C)C)c(=O)c2c1-c1ccc(Br)cc1. The number of nitrogens with zero attached hydrogens (tertiary/aromatic N) is 2. The third-order valence-corrected chi connectivity index (χ3v) is 6.28. The first-order valence-corrected chi connectivity index (χ1v) is 11.0. The van der Waals surface area contributed by atoms with Crippen molar-refractivity contribution in [3.8, 4) is 11.1 Å². The van der Waals surface area contributed by atoms with Crippen LogP contribution in [0.3, 0.4) is 0 Å². The van der Waals surface area contributed by atoms with E-state index in [0.29, 0.717) is 16.6 Å². The fourth-order valence-corrected chi connectivity index (χ4v) is 4.59. The van der Waals surface area contributed by atoms with E-state index in [1.54, 1.807) is 13.8 Å². The van der Waals surface area contributed by atoms with Crippen molar-refractivity contribution in [1.82, 2.24) is 9.55 Å². The van der Waals surface area contributed by atoms with Gasteiger partial charge in [0.15, 0.2) is 0 Å². The van der Waals surface area contributed by atoms with Crippen LogP contribution in [0.1, 0.15) is 45.0 Å². The van der Waals surface area contributed by atoms with E-state index in [1.165, 1.54) is 22.2 Å². The zero-order valence-electron chi connectivity index (χ0n) is 16.4. The number of esters is 1. The van der Waals surface area contributed by atoms with Gasteiger partial charge >= 0.3 is 5.97 Å². The molecular formula is C21H23BrN2O3S. The maximum Gasteiger partial charge on any atom is 0.329 e. The molecule has 0 aliphatic heterocycles. The topological polar surface area (TPSA) is 61.2 Å². The van der Waals surface area contributed by atoms with Gasteiger partial charge in [-0.1, -0.05) is 41.9 Å². The molecule has 1 aromatic carbocycles. The summed E-state index contributed by atoms with van der Waals surface area (Å²) in [5.74, 6) is -0.406. The van der Waals surface area contributed by atoms with E-state index in [9.17, 15) is 9.59 Å². The van der Waals surface area contributed by atoms with Gasteiger partial charge in [-0.3, -0.25) is 9.36 Å². The predicted molar refractivity (Wildman–Crippen MR) is 117 cm³/mol. The van der Waals surface area contributed by atoms with Crippen LogP contribution in [0.5, 0.6) is 0 Å². The van der Waals surface area contributed by atoms with Crippen molar-refractivity contribution >= 4 is 43.5 Å². The smallest absolute Gasteiger partial charge is 0.329 e. The molecule has 7 heteroatoms. The minimum atomic E-state index is -0.686. The maximum absolute atomic E-state index is 13.4. The van der Waals surface area contributed by atoms with E-state index >= 15 is 0 Å². The van der Waals surface area contributed by atoms with Crippen LogP contribution in [0.2, 0.25) is 0 Å². The van der Waals surface area contributed by atoms with Crippen LogP contribution in [0.25, 0.3) is 21.3 Å². The van der Waals surface area contributed by atoms with Gasteiger partial charge in [0.05, 0.1) is 17.8 Å². The van der Waals surface area contributed by atoms with Crippen LogP contribution in [-0.4, -0.2) is 21.6 Å². The molecule has 0 N–H and O–H groups in total. The van der Waals surface area contributed by atoms with Gasteiger partial charge in [0.2, 0.25) is 0 Å². The fourth-order valence-electron chi connectivity index (χ4n) is 3.23. The lowest BCUT2D eigenvalue weighted by Gasteiger charge is -2.18. The van der Waals surface area contributed by atoms with E-state index in [4.69, 9.17) is 4.74 Å². The standard InChI is InChI=1S/C21H23BrN2O3S/c1-5-15(21(26)27-12(3)4)24-11-23-19-18(20(24)25)17(16(6-2)28-19)13-7-9-14(22)10-8-13/h7-12,15H,5-6H2,1-4H3. The van der Waals surface area contributed by atoms with Crippen molar-refractivity contribution in [1.29, 1.82) is 0 Å². The Morgan fingerprint density at radius 2 is 1.93 bits per heavy atom.